The van der Waals surface area contributed by atoms with E-state index in [1.807, 2.05) is 6.07 Å². The van der Waals surface area contributed by atoms with E-state index >= 15 is 0 Å². The zero-order chi connectivity index (χ0) is 13.3. The molecule has 0 saturated heterocycles. The Morgan fingerprint density at radius 3 is 2.50 bits per heavy atom. The van der Waals surface area contributed by atoms with Gasteiger partial charge < -0.3 is 4.90 Å². The van der Waals surface area contributed by atoms with E-state index < -0.39 is 12.7 Å². The minimum atomic E-state index is -4.26. The molecule has 0 unspecified atom stereocenters. The molecule has 1 fully saturated rings. The SMILES string of the molecule is N#Cc1ccc(N(CC(F)(F)F)C2CC2)c(Cl)c1. The molecule has 1 aromatic carbocycles. The van der Waals surface area contributed by atoms with Crippen molar-refractivity contribution in [2.24, 2.45) is 0 Å². The molecule has 0 heterocycles. The Balaban J connectivity index is 2.29. The molecule has 6 heteroatoms. The summed E-state index contributed by atoms with van der Waals surface area (Å²) in [6.45, 7) is -1.01. The smallest absolute Gasteiger partial charge is 0.358 e. The lowest BCUT2D eigenvalue weighted by Gasteiger charge is -2.26. The molecule has 0 radical (unpaired) electrons. The summed E-state index contributed by atoms with van der Waals surface area (Å²) in [6.07, 6.45) is -2.78. The molecule has 0 aliphatic heterocycles. The molecule has 0 N–H and O–H groups in total. The van der Waals surface area contributed by atoms with Crippen molar-refractivity contribution in [2.75, 3.05) is 11.4 Å². The first-order chi connectivity index (χ1) is 8.40. The van der Waals surface area contributed by atoms with Crippen LogP contribution in [0.5, 0.6) is 0 Å². The number of nitriles is 1. The molecule has 0 amide bonds. The topological polar surface area (TPSA) is 27.0 Å². The zero-order valence-corrected chi connectivity index (χ0v) is 10.1. The number of anilines is 1. The van der Waals surface area contributed by atoms with Gasteiger partial charge in [0.2, 0.25) is 0 Å². The van der Waals surface area contributed by atoms with Crippen LogP contribution in [0.25, 0.3) is 0 Å². The van der Waals surface area contributed by atoms with Crippen molar-refractivity contribution in [1.82, 2.24) is 0 Å². The van der Waals surface area contributed by atoms with Gasteiger partial charge in [0.1, 0.15) is 6.54 Å². The van der Waals surface area contributed by atoms with E-state index in [-0.39, 0.29) is 11.1 Å². The van der Waals surface area contributed by atoms with Crippen LogP contribution >= 0.6 is 11.6 Å². The first-order valence-corrected chi connectivity index (χ1v) is 5.81. The fourth-order valence-electron chi connectivity index (χ4n) is 1.80. The maximum Gasteiger partial charge on any atom is 0.405 e. The highest BCUT2D eigenvalue weighted by atomic mass is 35.5. The Morgan fingerprint density at radius 2 is 2.06 bits per heavy atom. The Kier molecular flexibility index (Phi) is 3.40. The summed E-state index contributed by atoms with van der Waals surface area (Å²) in [5.41, 5.74) is 0.682. The van der Waals surface area contributed by atoms with Gasteiger partial charge >= 0.3 is 6.18 Å². The van der Waals surface area contributed by atoms with Crippen LogP contribution in [0.3, 0.4) is 0 Å². The van der Waals surface area contributed by atoms with Crippen LogP contribution in [0.1, 0.15) is 18.4 Å². The predicted octanol–water partition coefficient (Wildman–Crippen LogP) is 3.74. The molecule has 2 rings (SSSR count). The summed E-state index contributed by atoms with van der Waals surface area (Å²) in [5.74, 6) is 0. The highest BCUT2D eigenvalue weighted by Crippen LogP contribution is 2.38. The molecule has 2 nitrogen and oxygen atoms in total. The monoisotopic (exact) mass is 274 g/mol. The van der Waals surface area contributed by atoms with Crippen molar-refractivity contribution in [3.05, 3.63) is 28.8 Å². The van der Waals surface area contributed by atoms with Gasteiger partial charge in [0.25, 0.3) is 0 Å². The lowest BCUT2D eigenvalue weighted by Crippen LogP contribution is -2.36. The average molecular weight is 275 g/mol. The Hall–Kier alpha value is -1.41. The number of nitrogens with zero attached hydrogens (tertiary/aromatic N) is 2. The molecule has 0 aromatic heterocycles. The Labute approximate surface area is 108 Å². The van der Waals surface area contributed by atoms with Crippen molar-refractivity contribution in [3.63, 3.8) is 0 Å². The molecule has 1 aliphatic rings. The molecule has 1 saturated carbocycles. The minimum absolute atomic E-state index is 0.0999. The Morgan fingerprint density at radius 1 is 1.39 bits per heavy atom. The summed E-state index contributed by atoms with van der Waals surface area (Å²) in [4.78, 5) is 1.27. The summed E-state index contributed by atoms with van der Waals surface area (Å²) >= 11 is 5.94. The lowest BCUT2D eigenvalue weighted by atomic mass is 10.2. The predicted molar refractivity (Wildman–Crippen MR) is 62.6 cm³/mol. The van der Waals surface area contributed by atoms with Gasteiger partial charge in [0.15, 0.2) is 0 Å². The number of halogens is 4. The first-order valence-electron chi connectivity index (χ1n) is 5.44. The number of alkyl halides is 3. The van der Waals surface area contributed by atoms with Crippen LogP contribution in [-0.4, -0.2) is 18.8 Å². The fourth-order valence-corrected chi connectivity index (χ4v) is 2.09. The minimum Gasteiger partial charge on any atom is -0.358 e. The molecule has 0 spiro atoms. The molecule has 96 valence electrons. The zero-order valence-electron chi connectivity index (χ0n) is 9.34. The standard InChI is InChI=1S/C12H10ClF3N2/c13-10-5-8(6-17)1-4-11(10)18(9-2-3-9)7-12(14,15)16/h1,4-5,9H,2-3,7H2. The van der Waals surface area contributed by atoms with Crippen molar-refractivity contribution in [2.45, 2.75) is 25.1 Å². The van der Waals surface area contributed by atoms with E-state index in [1.54, 1.807) is 0 Å². The van der Waals surface area contributed by atoms with Crippen LogP contribution in [0.2, 0.25) is 5.02 Å². The van der Waals surface area contributed by atoms with Crippen LogP contribution in [-0.2, 0) is 0 Å². The maximum atomic E-state index is 12.5. The molecular weight excluding hydrogens is 265 g/mol. The van der Waals surface area contributed by atoms with Gasteiger partial charge in [-0.05, 0) is 31.0 Å². The van der Waals surface area contributed by atoms with E-state index in [0.29, 0.717) is 11.3 Å². The highest BCUT2D eigenvalue weighted by molar-refractivity contribution is 6.33. The highest BCUT2D eigenvalue weighted by Gasteiger charge is 2.38. The van der Waals surface area contributed by atoms with Crippen LogP contribution in [0.15, 0.2) is 18.2 Å². The molecule has 18 heavy (non-hydrogen) atoms. The van der Waals surface area contributed by atoms with Gasteiger partial charge in [0, 0.05) is 6.04 Å². The molecule has 1 aromatic rings. The van der Waals surface area contributed by atoms with Crippen molar-refractivity contribution in [1.29, 1.82) is 5.26 Å². The van der Waals surface area contributed by atoms with E-state index in [2.05, 4.69) is 0 Å². The quantitative estimate of drug-likeness (QED) is 0.839. The van der Waals surface area contributed by atoms with Crippen LogP contribution in [0.4, 0.5) is 18.9 Å². The molecule has 0 atom stereocenters. The van der Waals surface area contributed by atoms with Gasteiger partial charge in [-0.15, -0.1) is 0 Å². The van der Waals surface area contributed by atoms with Crippen LogP contribution < -0.4 is 4.90 Å². The van der Waals surface area contributed by atoms with Gasteiger partial charge in [-0.2, -0.15) is 18.4 Å². The lowest BCUT2D eigenvalue weighted by molar-refractivity contribution is -0.119. The third kappa shape index (κ3) is 3.08. The fraction of sp³-hybridized carbons (Fsp3) is 0.417. The number of hydrogen-bond donors (Lipinski definition) is 0. The Bertz CT molecular complexity index is 489. The van der Waals surface area contributed by atoms with Crippen LogP contribution in [0, 0.1) is 11.3 Å². The normalized spacial score (nSPS) is 15.3. The summed E-state index contributed by atoms with van der Waals surface area (Å²) < 4.78 is 37.6. The molecule has 0 bridgehead atoms. The van der Waals surface area contributed by atoms with Gasteiger partial charge in [0.05, 0.1) is 22.3 Å². The van der Waals surface area contributed by atoms with E-state index in [4.69, 9.17) is 16.9 Å². The van der Waals surface area contributed by atoms with E-state index in [1.165, 1.54) is 23.1 Å². The second kappa shape index (κ2) is 4.69. The summed E-state index contributed by atoms with van der Waals surface area (Å²) in [6, 6.07) is 6.15. The second-order valence-corrected chi connectivity index (χ2v) is 4.66. The van der Waals surface area contributed by atoms with Crippen molar-refractivity contribution < 1.29 is 13.2 Å². The van der Waals surface area contributed by atoms with Crippen molar-refractivity contribution >= 4 is 17.3 Å². The van der Waals surface area contributed by atoms with Gasteiger partial charge in [-0.3, -0.25) is 0 Å². The third-order valence-corrected chi connectivity index (χ3v) is 3.03. The maximum absolute atomic E-state index is 12.5. The number of hydrogen-bond acceptors (Lipinski definition) is 2. The summed E-state index contributed by atoms with van der Waals surface area (Å²) in [7, 11) is 0. The number of benzene rings is 1. The number of rotatable bonds is 3. The second-order valence-electron chi connectivity index (χ2n) is 4.25. The van der Waals surface area contributed by atoms with Gasteiger partial charge in [-0.1, -0.05) is 11.6 Å². The largest absolute Gasteiger partial charge is 0.405 e. The van der Waals surface area contributed by atoms with Crippen molar-refractivity contribution in [3.8, 4) is 6.07 Å². The third-order valence-electron chi connectivity index (χ3n) is 2.72. The first kappa shape index (κ1) is 13.0. The average Bonchev–Trinajstić information content (AvgIpc) is 3.08. The van der Waals surface area contributed by atoms with Gasteiger partial charge in [-0.25, -0.2) is 0 Å². The molecule has 1 aliphatic carbocycles. The summed E-state index contributed by atoms with van der Waals surface area (Å²) in [5, 5.41) is 8.88. The molecular formula is C12H10ClF3N2. The van der Waals surface area contributed by atoms with E-state index in [9.17, 15) is 13.2 Å². The van der Waals surface area contributed by atoms with E-state index in [0.717, 1.165) is 12.8 Å².